The third kappa shape index (κ3) is 4.44. The van der Waals surface area contributed by atoms with E-state index < -0.39 is 11.2 Å². The monoisotopic (exact) mass is 367 g/mol. The Morgan fingerprint density at radius 2 is 1.81 bits per heavy atom. The number of hydrogen-bond acceptors (Lipinski definition) is 4. The van der Waals surface area contributed by atoms with Crippen molar-refractivity contribution in [1.29, 1.82) is 0 Å². The average Bonchev–Trinajstić information content (AvgIpc) is 2.63. The number of hydrogen-bond donors (Lipinski definition) is 2. The fourth-order valence-electron chi connectivity index (χ4n) is 2.79. The number of carbonyl (C=O) groups is 1. The molecule has 0 unspecified atom stereocenters. The van der Waals surface area contributed by atoms with Crippen molar-refractivity contribution in [1.82, 2.24) is 9.55 Å². The van der Waals surface area contributed by atoms with Gasteiger partial charge in [-0.05, 0) is 50.2 Å². The summed E-state index contributed by atoms with van der Waals surface area (Å²) in [6, 6.07) is 13.9. The van der Waals surface area contributed by atoms with Gasteiger partial charge in [-0.15, -0.1) is 0 Å². The maximum atomic E-state index is 12.2. The van der Waals surface area contributed by atoms with Crippen molar-refractivity contribution in [3.63, 3.8) is 0 Å². The molecule has 0 atom stereocenters. The highest BCUT2D eigenvalue weighted by molar-refractivity contribution is 5.90. The SMILES string of the molecule is CC(C)Oc1ccc(NC(=O)CCn2c(=O)[nH]c(=O)c3ccccc32)cc1. The van der Waals surface area contributed by atoms with E-state index in [1.807, 2.05) is 13.8 Å². The van der Waals surface area contributed by atoms with Gasteiger partial charge in [0.1, 0.15) is 5.75 Å². The molecule has 0 spiro atoms. The summed E-state index contributed by atoms with van der Waals surface area (Å²) in [6.45, 7) is 4.05. The van der Waals surface area contributed by atoms with Crippen LogP contribution in [0.25, 0.3) is 10.9 Å². The number of nitrogens with one attached hydrogen (secondary N) is 2. The molecule has 7 nitrogen and oxygen atoms in total. The molecule has 140 valence electrons. The van der Waals surface area contributed by atoms with Crippen LogP contribution in [0.4, 0.5) is 5.69 Å². The average molecular weight is 367 g/mol. The Hall–Kier alpha value is -3.35. The molecular formula is C20H21N3O4. The minimum Gasteiger partial charge on any atom is -0.491 e. The smallest absolute Gasteiger partial charge is 0.328 e. The number of ether oxygens (including phenoxy) is 1. The van der Waals surface area contributed by atoms with Gasteiger partial charge in [0.2, 0.25) is 5.91 Å². The van der Waals surface area contributed by atoms with E-state index in [9.17, 15) is 14.4 Å². The standard InChI is InChI=1S/C20H21N3O4/c1-13(2)27-15-9-7-14(8-10-15)21-18(24)11-12-23-17-6-4-3-5-16(17)19(25)22-20(23)26/h3-10,13H,11-12H2,1-2H3,(H,21,24)(H,22,25,26). The number of aromatic amines is 1. The van der Waals surface area contributed by atoms with E-state index in [1.165, 1.54) is 4.57 Å². The molecule has 7 heteroatoms. The van der Waals surface area contributed by atoms with E-state index in [4.69, 9.17) is 4.74 Å². The molecule has 0 radical (unpaired) electrons. The highest BCUT2D eigenvalue weighted by Gasteiger charge is 2.09. The van der Waals surface area contributed by atoms with Crippen LogP contribution >= 0.6 is 0 Å². The first-order chi connectivity index (χ1) is 12.9. The molecule has 1 aromatic heterocycles. The molecule has 0 aliphatic heterocycles. The summed E-state index contributed by atoms with van der Waals surface area (Å²) in [6.07, 6.45) is 0.177. The summed E-state index contributed by atoms with van der Waals surface area (Å²) < 4.78 is 6.96. The molecule has 2 N–H and O–H groups in total. The lowest BCUT2D eigenvalue weighted by molar-refractivity contribution is -0.116. The molecule has 0 aliphatic carbocycles. The first-order valence-corrected chi connectivity index (χ1v) is 8.72. The van der Waals surface area contributed by atoms with Crippen molar-refractivity contribution in [2.24, 2.45) is 0 Å². The zero-order chi connectivity index (χ0) is 19.4. The second kappa shape index (κ2) is 7.90. The summed E-state index contributed by atoms with van der Waals surface area (Å²) >= 11 is 0. The van der Waals surface area contributed by atoms with Crippen LogP contribution in [0.5, 0.6) is 5.75 Å². The van der Waals surface area contributed by atoms with Crippen molar-refractivity contribution in [2.75, 3.05) is 5.32 Å². The lowest BCUT2D eigenvalue weighted by Gasteiger charge is -2.11. The molecule has 27 heavy (non-hydrogen) atoms. The van der Waals surface area contributed by atoms with Crippen LogP contribution in [-0.2, 0) is 11.3 Å². The predicted molar refractivity (Wildman–Crippen MR) is 104 cm³/mol. The summed E-state index contributed by atoms with van der Waals surface area (Å²) in [4.78, 5) is 38.5. The number of H-pyrrole nitrogens is 1. The molecule has 0 saturated carbocycles. The van der Waals surface area contributed by atoms with E-state index in [1.54, 1.807) is 48.5 Å². The lowest BCUT2D eigenvalue weighted by Crippen LogP contribution is -2.31. The fourth-order valence-corrected chi connectivity index (χ4v) is 2.79. The first kappa shape index (κ1) is 18.4. The Balaban J connectivity index is 1.69. The fraction of sp³-hybridized carbons (Fsp3) is 0.250. The highest BCUT2D eigenvalue weighted by Crippen LogP contribution is 2.17. The van der Waals surface area contributed by atoms with Gasteiger partial charge in [0.25, 0.3) is 5.56 Å². The minimum absolute atomic E-state index is 0.0795. The van der Waals surface area contributed by atoms with E-state index in [0.29, 0.717) is 16.6 Å². The molecule has 1 heterocycles. The van der Waals surface area contributed by atoms with Gasteiger partial charge in [-0.2, -0.15) is 0 Å². The Morgan fingerprint density at radius 1 is 1.11 bits per heavy atom. The zero-order valence-corrected chi connectivity index (χ0v) is 15.2. The largest absolute Gasteiger partial charge is 0.491 e. The zero-order valence-electron chi connectivity index (χ0n) is 15.2. The van der Waals surface area contributed by atoms with E-state index in [0.717, 1.165) is 5.75 Å². The quantitative estimate of drug-likeness (QED) is 0.700. The third-order valence-electron chi connectivity index (χ3n) is 3.98. The Labute approximate surface area is 155 Å². The Morgan fingerprint density at radius 3 is 2.52 bits per heavy atom. The van der Waals surface area contributed by atoms with Crippen LogP contribution < -0.4 is 21.3 Å². The van der Waals surface area contributed by atoms with Crippen molar-refractivity contribution in [2.45, 2.75) is 32.9 Å². The molecule has 0 saturated heterocycles. The van der Waals surface area contributed by atoms with Gasteiger partial charge in [-0.1, -0.05) is 12.1 Å². The number of nitrogens with zero attached hydrogens (tertiary/aromatic N) is 1. The number of carbonyl (C=O) groups excluding carboxylic acids is 1. The number of anilines is 1. The molecule has 0 aliphatic rings. The van der Waals surface area contributed by atoms with Gasteiger partial charge in [0.15, 0.2) is 0 Å². The molecule has 3 aromatic rings. The first-order valence-electron chi connectivity index (χ1n) is 8.72. The molecule has 3 rings (SSSR count). The van der Waals surface area contributed by atoms with Gasteiger partial charge in [0.05, 0.1) is 17.0 Å². The van der Waals surface area contributed by atoms with E-state index in [-0.39, 0.29) is 25.0 Å². The molecule has 2 aromatic carbocycles. The van der Waals surface area contributed by atoms with Crippen LogP contribution in [0.15, 0.2) is 58.1 Å². The Bertz CT molecular complexity index is 1070. The number of aryl methyl sites for hydroxylation is 1. The van der Waals surface area contributed by atoms with Crippen LogP contribution in [0.1, 0.15) is 20.3 Å². The van der Waals surface area contributed by atoms with Crippen molar-refractivity contribution >= 4 is 22.5 Å². The second-order valence-corrected chi connectivity index (χ2v) is 6.42. The van der Waals surface area contributed by atoms with Crippen LogP contribution in [0.3, 0.4) is 0 Å². The molecule has 1 amide bonds. The maximum absolute atomic E-state index is 12.2. The number of aromatic nitrogens is 2. The Kier molecular flexibility index (Phi) is 5.40. The normalized spacial score (nSPS) is 10.9. The topological polar surface area (TPSA) is 93.2 Å². The molecular weight excluding hydrogens is 346 g/mol. The van der Waals surface area contributed by atoms with Crippen LogP contribution in [-0.4, -0.2) is 21.6 Å². The van der Waals surface area contributed by atoms with E-state index >= 15 is 0 Å². The third-order valence-corrected chi connectivity index (χ3v) is 3.98. The molecule has 0 bridgehead atoms. The van der Waals surface area contributed by atoms with Crippen molar-refractivity contribution in [3.05, 3.63) is 69.4 Å². The van der Waals surface area contributed by atoms with Gasteiger partial charge < -0.3 is 10.1 Å². The van der Waals surface area contributed by atoms with Crippen LogP contribution in [0, 0.1) is 0 Å². The van der Waals surface area contributed by atoms with Crippen LogP contribution in [0.2, 0.25) is 0 Å². The number of amides is 1. The second-order valence-electron chi connectivity index (χ2n) is 6.42. The minimum atomic E-state index is -0.526. The summed E-state index contributed by atoms with van der Waals surface area (Å²) in [5.41, 5.74) is 0.200. The van der Waals surface area contributed by atoms with Gasteiger partial charge >= 0.3 is 5.69 Å². The number of benzene rings is 2. The predicted octanol–water partition coefficient (Wildman–Crippen LogP) is 2.51. The van der Waals surface area contributed by atoms with Gasteiger partial charge in [-0.25, -0.2) is 4.79 Å². The van der Waals surface area contributed by atoms with Crippen molar-refractivity contribution in [3.8, 4) is 5.75 Å². The summed E-state index contributed by atoms with van der Waals surface area (Å²) in [5, 5.41) is 3.20. The lowest BCUT2D eigenvalue weighted by atomic mass is 10.2. The van der Waals surface area contributed by atoms with E-state index in [2.05, 4.69) is 10.3 Å². The van der Waals surface area contributed by atoms with Crippen molar-refractivity contribution < 1.29 is 9.53 Å². The molecule has 0 fully saturated rings. The summed E-state index contributed by atoms with van der Waals surface area (Å²) in [7, 11) is 0. The van der Waals surface area contributed by atoms with Gasteiger partial charge in [0, 0.05) is 18.7 Å². The van der Waals surface area contributed by atoms with Gasteiger partial charge in [-0.3, -0.25) is 19.1 Å². The number of rotatable bonds is 6. The maximum Gasteiger partial charge on any atom is 0.328 e. The summed E-state index contributed by atoms with van der Waals surface area (Å²) in [5.74, 6) is 0.504. The highest BCUT2D eigenvalue weighted by atomic mass is 16.5. The number of fused-ring (bicyclic) bond motifs is 1. The number of para-hydroxylation sites is 1.